The van der Waals surface area contributed by atoms with Crippen LogP contribution >= 0.6 is 0 Å². The number of nitrogens with zero attached hydrogens (tertiary/aromatic N) is 2. The Balaban J connectivity index is 2.76. The molecule has 0 unspecified atom stereocenters. The number of allylic oxidation sites excluding steroid dienone is 1. The molecule has 1 rings (SSSR count). The van der Waals surface area contributed by atoms with Crippen LogP contribution in [0.25, 0.3) is 0 Å². The van der Waals surface area contributed by atoms with E-state index in [1.807, 2.05) is 6.92 Å². The number of esters is 1. The summed E-state index contributed by atoms with van der Waals surface area (Å²) in [7, 11) is 1.35. The van der Waals surface area contributed by atoms with Crippen LogP contribution in [-0.2, 0) is 23.1 Å². The Bertz CT molecular complexity index is 539. The molecule has 6 heteroatoms. The van der Waals surface area contributed by atoms with Crippen molar-refractivity contribution in [2.45, 2.75) is 13.5 Å². The molecule has 0 aliphatic carbocycles. The molecule has 0 amide bonds. The summed E-state index contributed by atoms with van der Waals surface area (Å²) in [6.45, 7) is 1.78. The van der Waals surface area contributed by atoms with Crippen molar-refractivity contribution in [3.63, 3.8) is 0 Å². The second-order valence-electron chi connectivity index (χ2n) is 3.38. The van der Waals surface area contributed by atoms with Gasteiger partial charge in [-0.2, -0.15) is 0 Å². The molecule has 0 aromatic carbocycles. The molecule has 1 aromatic rings. The summed E-state index contributed by atoms with van der Waals surface area (Å²) in [5.41, 5.74) is -0.950. The first-order chi connectivity index (χ1) is 8.06. The van der Waals surface area contributed by atoms with Crippen molar-refractivity contribution in [1.29, 1.82) is 0 Å². The highest BCUT2D eigenvalue weighted by Crippen LogP contribution is 1.85. The Hall–Kier alpha value is -2.11. The number of ether oxygens (including phenoxy) is 1. The summed E-state index contributed by atoms with van der Waals surface area (Å²) in [6.07, 6.45) is 4.72. The van der Waals surface area contributed by atoms with Gasteiger partial charge in [0.05, 0.1) is 0 Å². The van der Waals surface area contributed by atoms with Gasteiger partial charge in [-0.15, -0.1) is 0 Å². The largest absolute Gasteiger partial charge is 0.460 e. The Labute approximate surface area is 97.8 Å². The highest BCUT2D eigenvalue weighted by molar-refractivity contribution is 5.69. The molecule has 17 heavy (non-hydrogen) atoms. The van der Waals surface area contributed by atoms with Gasteiger partial charge in [0.25, 0.3) is 5.56 Å². The molecular weight excluding hydrogens is 224 g/mol. The SMILES string of the molecule is CC=CCOC(=O)Cn1ccc(=O)n(C)c1=O. The number of carbonyl (C=O) groups excluding carboxylic acids is 1. The van der Waals surface area contributed by atoms with Gasteiger partial charge in [-0.05, 0) is 6.92 Å². The van der Waals surface area contributed by atoms with E-state index in [0.717, 1.165) is 9.13 Å². The van der Waals surface area contributed by atoms with E-state index in [1.165, 1.54) is 19.3 Å². The van der Waals surface area contributed by atoms with Gasteiger partial charge < -0.3 is 4.74 Å². The van der Waals surface area contributed by atoms with Crippen LogP contribution in [0, 0.1) is 0 Å². The maximum Gasteiger partial charge on any atom is 0.331 e. The van der Waals surface area contributed by atoms with Crippen molar-refractivity contribution in [1.82, 2.24) is 9.13 Å². The predicted octanol–water partition coefficient (Wildman–Crippen LogP) is -0.334. The van der Waals surface area contributed by atoms with E-state index in [9.17, 15) is 14.4 Å². The fraction of sp³-hybridized carbons (Fsp3) is 0.364. The molecule has 0 bridgehead atoms. The predicted molar refractivity (Wildman–Crippen MR) is 61.7 cm³/mol. The molecule has 6 nitrogen and oxygen atoms in total. The second-order valence-corrected chi connectivity index (χ2v) is 3.38. The molecule has 0 spiro atoms. The van der Waals surface area contributed by atoms with E-state index in [2.05, 4.69) is 0 Å². The molecule has 1 aromatic heterocycles. The number of hydrogen-bond acceptors (Lipinski definition) is 4. The third-order valence-electron chi connectivity index (χ3n) is 2.14. The van der Waals surface area contributed by atoms with Gasteiger partial charge in [-0.25, -0.2) is 4.79 Å². The Morgan fingerprint density at radius 3 is 2.82 bits per heavy atom. The fourth-order valence-electron chi connectivity index (χ4n) is 1.16. The van der Waals surface area contributed by atoms with Crippen molar-refractivity contribution in [3.05, 3.63) is 45.3 Å². The normalized spacial score (nSPS) is 10.7. The van der Waals surface area contributed by atoms with Gasteiger partial charge in [-0.1, -0.05) is 12.2 Å². The van der Waals surface area contributed by atoms with E-state index in [0.29, 0.717) is 0 Å². The van der Waals surface area contributed by atoms with Crippen molar-refractivity contribution < 1.29 is 9.53 Å². The van der Waals surface area contributed by atoms with Crippen LogP contribution in [0.1, 0.15) is 6.92 Å². The topological polar surface area (TPSA) is 70.3 Å². The fourth-order valence-corrected chi connectivity index (χ4v) is 1.16. The Morgan fingerprint density at radius 1 is 1.47 bits per heavy atom. The quantitative estimate of drug-likeness (QED) is 0.532. The Morgan fingerprint density at radius 2 is 2.18 bits per heavy atom. The highest BCUT2D eigenvalue weighted by Gasteiger charge is 2.06. The number of aromatic nitrogens is 2. The molecule has 1 heterocycles. The maximum absolute atomic E-state index is 11.6. The first-order valence-electron chi connectivity index (χ1n) is 5.09. The smallest absolute Gasteiger partial charge is 0.331 e. The minimum Gasteiger partial charge on any atom is -0.460 e. The summed E-state index contributed by atoms with van der Waals surface area (Å²) in [6, 6.07) is 1.22. The second kappa shape index (κ2) is 5.83. The van der Waals surface area contributed by atoms with Crippen molar-refractivity contribution in [2.24, 2.45) is 7.05 Å². The van der Waals surface area contributed by atoms with Crippen LogP contribution in [0.3, 0.4) is 0 Å². The minimum absolute atomic E-state index is 0.176. The van der Waals surface area contributed by atoms with E-state index in [-0.39, 0.29) is 13.2 Å². The van der Waals surface area contributed by atoms with E-state index >= 15 is 0 Å². The highest BCUT2D eigenvalue weighted by atomic mass is 16.5. The summed E-state index contributed by atoms with van der Waals surface area (Å²) in [5, 5.41) is 0. The van der Waals surface area contributed by atoms with Gasteiger partial charge >= 0.3 is 11.7 Å². The average Bonchev–Trinajstić information content (AvgIpc) is 2.30. The lowest BCUT2D eigenvalue weighted by Crippen LogP contribution is -2.38. The molecule has 0 N–H and O–H groups in total. The first-order valence-corrected chi connectivity index (χ1v) is 5.09. The number of hydrogen-bond donors (Lipinski definition) is 0. The van der Waals surface area contributed by atoms with Crippen LogP contribution in [0.5, 0.6) is 0 Å². The zero-order valence-corrected chi connectivity index (χ0v) is 9.75. The van der Waals surface area contributed by atoms with Gasteiger partial charge in [0.2, 0.25) is 0 Å². The summed E-state index contributed by atoms with van der Waals surface area (Å²) in [5.74, 6) is -0.524. The molecule has 92 valence electrons. The van der Waals surface area contributed by atoms with Crippen LogP contribution < -0.4 is 11.2 Å². The lowest BCUT2D eigenvalue weighted by molar-refractivity contribution is -0.143. The van der Waals surface area contributed by atoms with Gasteiger partial charge in [0.1, 0.15) is 13.2 Å². The van der Waals surface area contributed by atoms with Gasteiger partial charge in [0.15, 0.2) is 0 Å². The van der Waals surface area contributed by atoms with Crippen LogP contribution in [-0.4, -0.2) is 21.7 Å². The summed E-state index contributed by atoms with van der Waals surface area (Å²) in [4.78, 5) is 34.0. The van der Waals surface area contributed by atoms with Crippen molar-refractivity contribution in [3.8, 4) is 0 Å². The van der Waals surface area contributed by atoms with E-state index in [4.69, 9.17) is 4.74 Å². The zero-order valence-electron chi connectivity index (χ0n) is 9.75. The summed E-state index contributed by atoms with van der Waals surface area (Å²) < 4.78 is 6.89. The van der Waals surface area contributed by atoms with E-state index < -0.39 is 17.2 Å². The van der Waals surface area contributed by atoms with Gasteiger partial charge in [-0.3, -0.25) is 18.7 Å². The molecule has 0 saturated heterocycles. The lowest BCUT2D eigenvalue weighted by Gasteiger charge is -2.06. The number of carbonyl (C=O) groups is 1. The van der Waals surface area contributed by atoms with Crippen LogP contribution in [0.15, 0.2) is 34.0 Å². The van der Waals surface area contributed by atoms with Crippen LogP contribution in [0.2, 0.25) is 0 Å². The molecule has 0 aliphatic rings. The zero-order chi connectivity index (χ0) is 12.8. The third kappa shape index (κ3) is 3.44. The first kappa shape index (κ1) is 13.0. The third-order valence-corrected chi connectivity index (χ3v) is 2.14. The monoisotopic (exact) mass is 238 g/mol. The standard InChI is InChI=1S/C11H14N2O4/c1-3-4-7-17-10(15)8-13-6-5-9(14)12(2)11(13)16/h3-6H,7-8H2,1-2H3. The minimum atomic E-state index is -0.541. The Kier molecular flexibility index (Phi) is 4.45. The molecule has 0 aliphatic heterocycles. The molecule has 0 atom stereocenters. The van der Waals surface area contributed by atoms with Gasteiger partial charge in [0, 0.05) is 19.3 Å². The molecule has 0 saturated carbocycles. The maximum atomic E-state index is 11.6. The van der Waals surface area contributed by atoms with E-state index in [1.54, 1.807) is 12.2 Å². The molecule has 0 fully saturated rings. The molecular formula is C11H14N2O4. The summed E-state index contributed by atoms with van der Waals surface area (Å²) >= 11 is 0. The number of rotatable bonds is 4. The average molecular weight is 238 g/mol. The van der Waals surface area contributed by atoms with Crippen molar-refractivity contribution in [2.75, 3.05) is 6.61 Å². The molecule has 0 radical (unpaired) electrons. The lowest BCUT2D eigenvalue weighted by atomic mass is 10.5. The van der Waals surface area contributed by atoms with Crippen molar-refractivity contribution >= 4 is 5.97 Å². The van der Waals surface area contributed by atoms with Crippen LogP contribution in [0.4, 0.5) is 0 Å².